The Morgan fingerprint density at radius 2 is 2.18 bits per heavy atom. The molecule has 2 N–H and O–H groups in total. The Morgan fingerprint density at radius 3 is 2.82 bits per heavy atom. The van der Waals surface area contributed by atoms with Gasteiger partial charge in [0.1, 0.15) is 0 Å². The molecule has 0 saturated carbocycles. The first-order chi connectivity index (χ1) is 8.11. The third-order valence-corrected chi connectivity index (χ3v) is 3.21. The molecule has 17 heavy (non-hydrogen) atoms. The molecule has 0 atom stereocenters. The molecule has 3 heteroatoms. The smallest absolute Gasteiger partial charge is 0.0497 e. The number of aromatic nitrogens is 1. The minimum atomic E-state index is 0.624. The van der Waals surface area contributed by atoms with E-state index in [0.717, 1.165) is 11.0 Å². The van der Waals surface area contributed by atoms with Gasteiger partial charge >= 0.3 is 0 Å². The summed E-state index contributed by atoms with van der Waals surface area (Å²) < 4.78 is 3.40. The van der Waals surface area contributed by atoms with Crippen LogP contribution in [-0.2, 0) is 6.54 Å². The average Bonchev–Trinajstić information content (AvgIpc) is 2.56. The molecule has 2 aromatic rings. The lowest BCUT2D eigenvalue weighted by Gasteiger charge is -2.08. The van der Waals surface area contributed by atoms with Crippen molar-refractivity contribution in [2.24, 2.45) is 11.7 Å². The molecule has 0 radical (unpaired) electrons. The number of nitrogens with two attached hydrogens (primary N) is 1. The number of hydrogen-bond acceptors (Lipinski definition) is 1. The van der Waals surface area contributed by atoms with Gasteiger partial charge in [-0.05, 0) is 30.3 Å². The number of benzene rings is 1. The summed E-state index contributed by atoms with van der Waals surface area (Å²) in [4.78, 5) is 0. The molecule has 2 rings (SSSR count). The minimum absolute atomic E-state index is 0.624. The van der Waals surface area contributed by atoms with Gasteiger partial charge in [0.05, 0.1) is 0 Å². The molecule has 0 fully saturated rings. The Morgan fingerprint density at radius 1 is 1.41 bits per heavy atom. The SMILES string of the molecule is CC(C)Cn1cc(/C=C/N)c2ccc(Br)cc21. The van der Waals surface area contributed by atoms with Crippen LogP contribution in [0.5, 0.6) is 0 Å². The van der Waals surface area contributed by atoms with E-state index in [1.165, 1.54) is 16.5 Å². The van der Waals surface area contributed by atoms with E-state index in [9.17, 15) is 0 Å². The van der Waals surface area contributed by atoms with Gasteiger partial charge in [0, 0.05) is 33.7 Å². The Bertz CT molecular complexity index is 553. The molecule has 0 aliphatic rings. The number of nitrogens with zero attached hydrogens (tertiary/aromatic N) is 1. The first-order valence-corrected chi connectivity index (χ1v) is 6.58. The van der Waals surface area contributed by atoms with Gasteiger partial charge in [-0.3, -0.25) is 0 Å². The lowest BCUT2D eigenvalue weighted by molar-refractivity contribution is 0.535. The molecule has 0 unspecified atom stereocenters. The van der Waals surface area contributed by atoms with Gasteiger partial charge < -0.3 is 10.3 Å². The molecule has 0 amide bonds. The molecule has 0 saturated heterocycles. The number of fused-ring (bicyclic) bond motifs is 1. The second-order valence-electron chi connectivity index (χ2n) is 4.65. The fraction of sp³-hybridized carbons (Fsp3) is 0.286. The molecule has 0 spiro atoms. The topological polar surface area (TPSA) is 30.9 Å². The molecule has 1 aromatic heterocycles. The van der Waals surface area contributed by atoms with E-state index in [-0.39, 0.29) is 0 Å². The summed E-state index contributed by atoms with van der Waals surface area (Å²) >= 11 is 3.53. The number of halogens is 1. The van der Waals surface area contributed by atoms with E-state index in [0.29, 0.717) is 5.92 Å². The first kappa shape index (κ1) is 12.2. The van der Waals surface area contributed by atoms with Crippen LogP contribution in [0.3, 0.4) is 0 Å². The maximum atomic E-state index is 5.49. The zero-order valence-electron chi connectivity index (χ0n) is 10.2. The van der Waals surface area contributed by atoms with Crippen molar-refractivity contribution in [1.29, 1.82) is 0 Å². The van der Waals surface area contributed by atoms with Crippen molar-refractivity contribution < 1.29 is 0 Å². The van der Waals surface area contributed by atoms with Gasteiger partial charge in [-0.2, -0.15) is 0 Å². The van der Waals surface area contributed by atoms with Gasteiger partial charge in [0.25, 0.3) is 0 Å². The van der Waals surface area contributed by atoms with E-state index < -0.39 is 0 Å². The van der Waals surface area contributed by atoms with E-state index in [1.807, 2.05) is 6.08 Å². The van der Waals surface area contributed by atoms with Crippen molar-refractivity contribution in [3.63, 3.8) is 0 Å². The summed E-state index contributed by atoms with van der Waals surface area (Å²) in [6, 6.07) is 6.35. The van der Waals surface area contributed by atoms with E-state index in [2.05, 4.69) is 58.7 Å². The van der Waals surface area contributed by atoms with E-state index in [1.54, 1.807) is 6.20 Å². The van der Waals surface area contributed by atoms with Gasteiger partial charge in [-0.15, -0.1) is 0 Å². The monoisotopic (exact) mass is 292 g/mol. The van der Waals surface area contributed by atoms with Crippen molar-refractivity contribution >= 4 is 32.9 Å². The molecular formula is C14H17BrN2. The lowest BCUT2D eigenvalue weighted by Crippen LogP contribution is -2.02. The van der Waals surface area contributed by atoms with Crippen molar-refractivity contribution in [3.05, 3.63) is 40.6 Å². The Hall–Kier alpha value is -1.22. The summed E-state index contributed by atoms with van der Waals surface area (Å²) in [7, 11) is 0. The highest BCUT2D eigenvalue weighted by atomic mass is 79.9. The van der Waals surface area contributed by atoms with Crippen LogP contribution in [0, 0.1) is 5.92 Å². The van der Waals surface area contributed by atoms with Gasteiger partial charge in [0.15, 0.2) is 0 Å². The summed E-state index contributed by atoms with van der Waals surface area (Å²) in [5.74, 6) is 0.624. The fourth-order valence-electron chi connectivity index (χ4n) is 2.07. The second kappa shape index (κ2) is 4.96. The molecule has 1 heterocycles. The molecule has 2 nitrogen and oxygen atoms in total. The third-order valence-electron chi connectivity index (χ3n) is 2.71. The Labute approximate surface area is 110 Å². The third kappa shape index (κ3) is 2.55. The molecule has 0 aliphatic carbocycles. The zero-order chi connectivity index (χ0) is 12.4. The largest absolute Gasteiger partial charge is 0.405 e. The van der Waals surface area contributed by atoms with Crippen molar-refractivity contribution in [1.82, 2.24) is 4.57 Å². The zero-order valence-corrected chi connectivity index (χ0v) is 11.7. The van der Waals surface area contributed by atoms with Gasteiger partial charge in [-0.25, -0.2) is 0 Å². The maximum Gasteiger partial charge on any atom is 0.0497 e. The normalized spacial score (nSPS) is 12.0. The van der Waals surface area contributed by atoms with Crippen molar-refractivity contribution in [2.75, 3.05) is 0 Å². The summed E-state index contributed by atoms with van der Waals surface area (Å²) in [5, 5.41) is 1.25. The highest BCUT2D eigenvalue weighted by Crippen LogP contribution is 2.26. The quantitative estimate of drug-likeness (QED) is 0.911. The summed E-state index contributed by atoms with van der Waals surface area (Å²) in [5.41, 5.74) is 7.92. The number of hydrogen-bond donors (Lipinski definition) is 1. The van der Waals surface area contributed by atoms with Crippen LogP contribution in [0.4, 0.5) is 0 Å². The van der Waals surface area contributed by atoms with Gasteiger partial charge in [0.2, 0.25) is 0 Å². The number of rotatable bonds is 3. The molecule has 0 aliphatic heterocycles. The van der Waals surface area contributed by atoms with E-state index in [4.69, 9.17) is 5.73 Å². The second-order valence-corrected chi connectivity index (χ2v) is 5.57. The van der Waals surface area contributed by atoms with Crippen molar-refractivity contribution in [2.45, 2.75) is 20.4 Å². The van der Waals surface area contributed by atoms with Crippen LogP contribution in [0.2, 0.25) is 0 Å². The first-order valence-electron chi connectivity index (χ1n) is 5.78. The van der Waals surface area contributed by atoms with Gasteiger partial charge in [-0.1, -0.05) is 35.8 Å². The molecule has 90 valence electrons. The maximum absolute atomic E-state index is 5.49. The lowest BCUT2D eigenvalue weighted by atomic mass is 10.2. The minimum Gasteiger partial charge on any atom is -0.405 e. The Kier molecular flexibility index (Phi) is 3.57. The molecule has 0 bridgehead atoms. The standard InChI is InChI=1S/C14H17BrN2/c1-10(2)8-17-9-11(5-6-16)13-4-3-12(15)7-14(13)17/h3-7,9-10H,8,16H2,1-2H3/b6-5+. The van der Waals surface area contributed by atoms with Crippen LogP contribution >= 0.6 is 15.9 Å². The summed E-state index contributed by atoms with van der Waals surface area (Å²) in [6.07, 6.45) is 5.71. The van der Waals surface area contributed by atoms with Crippen LogP contribution in [-0.4, -0.2) is 4.57 Å². The average molecular weight is 293 g/mol. The van der Waals surface area contributed by atoms with Crippen LogP contribution < -0.4 is 5.73 Å². The van der Waals surface area contributed by atoms with Crippen LogP contribution in [0.1, 0.15) is 19.4 Å². The summed E-state index contributed by atoms with van der Waals surface area (Å²) in [6.45, 7) is 5.47. The predicted octanol–water partition coefficient (Wildman–Crippen LogP) is 3.99. The van der Waals surface area contributed by atoms with Crippen LogP contribution in [0.25, 0.3) is 17.0 Å². The predicted molar refractivity (Wildman–Crippen MR) is 77.7 cm³/mol. The highest BCUT2D eigenvalue weighted by Gasteiger charge is 2.08. The van der Waals surface area contributed by atoms with Crippen LogP contribution in [0.15, 0.2) is 35.1 Å². The molecule has 1 aromatic carbocycles. The van der Waals surface area contributed by atoms with E-state index >= 15 is 0 Å². The Balaban J connectivity index is 2.62. The van der Waals surface area contributed by atoms with Crippen molar-refractivity contribution in [3.8, 4) is 0 Å². The molecular weight excluding hydrogens is 276 g/mol. The fourth-order valence-corrected chi connectivity index (χ4v) is 2.42. The highest BCUT2D eigenvalue weighted by molar-refractivity contribution is 9.10.